The quantitative estimate of drug-likeness (QED) is 0.767. The molecule has 6 heteroatoms. The van der Waals surface area contributed by atoms with Crippen LogP contribution in [0.4, 0.5) is 10.1 Å². The number of hydrogen-bond acceptors (Lipinski definition) is 5. The summed E-state index contributed by atoms with van der Waals surface area (Å²) in [5.74, 6) is 0.449. The van der Waals surface area contributed by atoms with Gasteiger partial charge in [0.15, 0.2) is 6.10 Å². The number of benzene rings is 2. The van der Waals surface area contributed by atoms with Gasteiger partial charge in [0.05, 0.1) is 11.8 Å². The van der Waals surface area contributed by atoms with Crippen molar-refractivity contribution in [3.63, 3.8) is 0 Å². The third-order valence-electron chi connectivity index (χ3n) is 4.89. The molecule has 1 atom stereocenters. The van der Waals surface area contributed by atoms with Gasteiger partial charge in [-0.05, 0) is 55.2 Å². The highest BCUT2D eigenvalue weighted by Crippen LogP contribution is 2.24. The monoisotopic (exact) mass is 383 g/mol. The molecule has 2 aromatic rings. The van der Waals surface area contributed by atoms with E-state index in [0.29, 0.717) is 50.5 Å². The van der Waals surface area contributed by atoms with Gasteiger partial charge in [-0.2, -0.15) is 5.26 Å². The lowest BCUT2D eigenvalue weighted by molar-refractivity contribution is 0.145. The Balaban J connectivity index is 1.50. The molecule has 1 unspecified atom stereocenters. The molecule has 148 valence electrons. The van der Waals surface area contributed by atoms with Crippen LogP contribution in [0.1, 0.15) is 30.9 Å². The van der Waals surface area contributed by atoms with E-state index < -0.39 is 6.10 Å². The first-order chi connectivity index (χ1) is 13.5. The second kappa shape index (κ2) is 9.54. The van der Waals surface area contributed by atoms with Crippen LogP contribution >= 0.6 is 0 Å². The van der Waals surface area contributed by atoms with Gasteiger partial charge in [0.2, 0.25) is 0 Å². The molecule has 1 heterocycles. The van der Waals surface area contributed by atoms with E-state index in [1.807, 2.05) is 47.4 Å². The smallest absolute Gasteiger partial charge is 0.181 e. The number of hydrogen-bond donors (Lipinski definition) is 2. The Bertz CT molecular complexity index is 812. The van der Waals surface area contributed by atoms with Gasteiger partial charge >= 0.3 is 0 Å². The molecule has 1 saturated heterocycles. The van der Waals surface area contributed by atoms with Gasteiger partial charge in [0.1, 0.15) is 17.6 Å². The number of nitrogens with one attached hydrogen (secondary N) is 1. The van der Waals surface area contributed by atoms with E-state index in [1.54, 1.807) is 13.0 Å². The Morgan fingerprint density at radius 3 is 2.46 bits per heavy atom. The standard InChI is InChI=1S/C22H26FN3O2/c1-16(13-24)28-20-5-2-17(3-6-20)14-25-15-18-4-7-22(21(23)12-18)26-10-8-19(27)9-11-26/h2-7,12,16,19,25,27H,8-11,14-15H2,1H3. The molecule has 0 saturated carbocycles. The topological polar surface area (TPSA) is 68.5 Å². The molecule has 0 aromatic heterocycles. The average molecular weight is 383 g/mol. The lowest BCUT2D eigenvalue weighted by Crippen LogP contribution is -2.36. The van der Waals surface area contributed by atoms with Crippen LogP contribution in [-0.2, 0) is 13.1 Å². The van der Waals surface area contributed by atoms with E-state index in [2.05, 4.69) is 5.32 Å². The van der Waals surface area contributed by atoms with Gasteiger partial charge in [0.25, 0.3) is 0 Å². The maximum Gasteiger partial charge on any atom is 0.181 e. The van der Waals surface area contributed by atoms with E-state index in [0.717, 1.165) is 11.1 Å². The highest BCUT2D eigenvalue weighted by molar-refractivity contribution is 5.49. The van der Waals surface area contributed by atoms with Gasteiger partial charge in [0, 0.05) is 26.2 Å². The second-order valence-electron chi connectivity index (χ2n) is 7.14. The molecule has 0 amide bonds. The lowest BCUT2D eigenvalue weighted by atomic mass is 10.1. The maximum absolute atomic E-state index is 14.5. The number of anilines is 1. The highest BCUT2D eigenvalue weighted by atomic mass is 19.1. The summed E-state index contributed by atoms with van der Waals surface area (Å²) in [6.07, 6.45) is 0.624. The van der Waals surface area contributed by atoms with Gasteiger partial charge in [-0.15, -0.1) is 0 Å². The zero-order valence-electron chi connectivity index (χ0n) is 16.1. The SMILES string of the molecule is CC(C#N)Oc1ccc(CNCc2ccc(N3CCC(O)CC3)c(F)c2)cc1. The van der Waals surface area contributed by atoms with Crippen molar-refractivity contribution in [2.75, 3.05) is 18.0 Å². The summed E-state index contributed by atoms with van der Waals surface area (Å²) in [6.45, 7) is 4.29. The minimum absolute atomic E-state index is 0.219. The van der Waals surface area contributed by atoms with Crippen molar-refractivity contribution in [3.05, 3.63) is 59.4 Å². The van der Waals surface area contributed by atoms with Crippen LogP contribution in [0.2, 0.25) is 0 Å². The maximum atomic E-state index is 14.5. The summed E-state index contributed by atoms with van der Waals surface area (Å²) in [5, 5.41) is 21.7. The minimum atomic E-state index is -0.475. The molecule has 2 N–H and O–H groups in total. The van der Waals surface area contributed by atoms with Gasteiger partial charge in [-0.25, -0.2) is 4.39 Å². The number of piperidine rings is 1. The highest BCUT2D eigenvalue weighted by Gasteiger charge is 2.19. The summed E-state index contributed by atoms with van der Waals surface area (Å²) < 4.78 is 19.9. The number of halogens is 1. The molecule has 2 aromatic carbocycles. The fraction of sp³-hybridized carbons (Fsp3) is 0.409. The predicted octanol–water partition coefficient (Wildman–Crippen LogP) is 3.37. The number of aliphatic hydroxyl groups excluding tert-OH is 1. The zero-order valence-corrected chi connectivity index (χ0v) is 16.1. The number of ether oxygens (including phenoxy) is 1. The van der Waals surface area contributed by atoms with E-state index in [-0.39, 0.29) is 11.9 Å². The number of aliphatic hydroxyl groups is 1. The first kappa shape index (κ1) is 20.1. The molecule has 1 aliphatic rings. The minimum Gasteiger partial charge on any atom is -0.476 e. The average Bonchev–Trinajstić information content (AvgIpc) is 2.70. The van der Waals surface area contributed by atoms with E-state index >= 15 is 0 Å². The summed E-state index contributed by atoms with van der Waals surface area (Å²) in [4.78, 5) is 2.00. The van der Waals surface area contributed by atoms with Gasteiger partial charge < -0.3 is 20.1 Å². The summed E-state index contributed by atoms with van der Waals surface area (Å²) in [7, 11) is 0. The molecule has 5 nitrogen and oxygen atoms in total. The van der Waals surface area contributed by atoms with Crippen LogP contribution in [-0.4, -0.2) is 30.4 Å². The molecule has 0 aliphatic carbocycles. The molecular formula is C22H26FN3O2. The lowest BCUT2D eigenvalue weighted by Gasteiger charge is -2.31. The molecule has 3 rings (SSSR count). The van der Waals surface area contributed by atoms with Crippen LogP contribution in [0, 0.1) is 17.1 Å². The number of nitriles is 1. The fourth-order valence-corrected chi connectivity index (χ4v) is 3.29. The molecule has 1 aliphatic heterocycles. The molecule has 28 heavy (non-hydrogen) atoms. The number of rotatable bonds is 7. The largest absolute Gasteiger partial charge is 0.476 e. The van der Waals surface area contributed by atoms with E-state index in [9.17, 15) is 9.50 Å². The van der Waals surface area contributed by atoms with Crippen LogP contribution < -0.4 is 15.0 Å². The van der Waals surface area contributed by atoms with Crippen LogP contribution in [0.3, 0.4) is 0 Å². The summed E-state index contributed by atoms with van der Waals surface area (Å²) in [6, 6.07) is 15.0. The van der Waals surface area contributed by atoms with E-state index in [4.69, 9.17) is 10.00 Å². The third-order valence-corrected chi connectivity index (χ3v) is 4.89. The molecule has 0 spiro atoms. The zero-order chi connectivity index (χ0) is 19.9. The van der Waals surface area contributed by atoms with Crippen molar-refractivity contribution in [1.29, 1.82) is 5.26 Å². The van der Waals surface area contributed by atoms with Crippen molar-refractivity contribution >= 4 is 5.69 Å². The Hall–Kier alpha value is -2.62. The first-order valence-corrected chi connectivity index (χ1v) is 9.62. The Morgan fingerprint density at radius 1 is 1.18 bits per heavy atom. The van der Waals surface area contributed by atoms with Gasteiger partial charge in [-0.3, -0.25) is 0 Å². The molecule has 1 fully saturated rings. The van der Waals surface area contributed by atoms with Crippen LogP contribution in [0.5, 0.6) is 5.75 Å². The summed E-state index contributed by atoms with van der Waals surface area (Å²) >= 11 is 0. The van der Waals surface area contributed by atoms with Crippen molar-refractivity contribution < 1.29 is 14.2 Å². The van der Waals surface area contributed by atoms with Gasteiger partial charge in [-0.1, -0.05) is 18.2 Å². The molecular weight excluding hydrogens is 357 g/mol. The second-order valence-corrected chi connectivity index (χ2v) is 7.14. The third kappa shape index (κ3) is 5.44. The first-order valence-electron chi connectivity index (χ1n) is 9.62. The Morgan fingerprint density at radius 2 is 1.82 bits per heavy atom. The van der Waals surface area contributed by atoms with Crippen molar-refractivity contribution in [3.8, 4) is 11.8 Å². The van der Waals surface area contributed by atoms with Crippen LogP contribution in [0.25, 0.3) is 0 Å². The van der Waals surface area contributed by atoms with Crippen molar-refractivity contribution in [2.24, 2.45) is 0 Å². The summed E-state index contributed by atoms with van der Waals surface area (Å²) in [5.41, 5.74) is 2.58. The fourth-order valence-electron chi connectivity index (χ4n) is 3.29. The van der Waals surface area contributed by atoms with Crippen molar-refractivity contribution in [1.82, 2.24) is 5.32 Å². The van der Waals surface area contributed by atoms with Crippen molar-refractivity contribution in [2.45, 2.75) is 45.1 Å². The Kier molecular flexibility index (Phi) is 6.85. The Labute approximate surface area is 165 Å². The normalized spacial score (nSPS) is 15.9. The van der Waals surface area contributed by atoms with E-state index in [1.165, 1.54) is 0 Å². The predicted molar refractivity (Wildman–Crippen MR) is 107 cm³/mol. The number of nitrogens with zero attached hydrogens (tertiary/aromatic N) is 2. The van der Waals surface area contributed by atoms with Crippen LogP contribution in [0.15, 0.2) is 42.5 Å². The molecule has 0 bridgehead atoms. The molecule has 0 radical (unpaired) electrons.